The Kier molecular flexibility index (Phi) is 4.06. The maximum atomic E-state index is 5.49. The van der Waals surface area contributed by atoms with Gasteiger partial charge < -0.3 is 15.4 Å². The van der Waals surface area contributed by atoms with E-state index >= 15 is 0 Å². The Morgan fingerprint density at radius 1 is 1.41 bits per heavy atom. The van der Waals surface area contributed by atoms with Gasteiger partial charge in [0, 0.05) is 26.7 Å². The highest BCUT2D eigenvalue weighted by molar-refractivity contribution is 5.40. The zero-order chi connectivity index (χ0) is 12.1. The zero-order valence-corrected chi connectivity index (χ0v) is 10.1. The maximum Gasteiger partial charge on any atom is 0.151 e. The second kappa shape index (κ2) is 5.75. The van der Waals surface area contributed by atoms with Crippen LogP contribution in [0.2, 0.25) is 0 Å². The summed E-state index contributed by atoms with van der Waals surface area (Å²) in [5.41, 5.74) is 7.67. The molecule has 0 unspecified atom stereocenters. The lowest BCUT2D eigenvalue weighted by Crippen LogP contribution is -2.30. The lowest BCUT2D eigenvalue weighted by atomic mass is 10.1. The first-order chi connectivity index (χ1) is 8.33. The van der Waals surface area contributed by atoms with Crippen LogP contribution in [0.3, 0.4) is 0 Å². The van der Waals surface area contributed by atoms with Gasteiger partial charge in [-0.2, -0.15) is 5.10 Å². The summed E-state index contributed by atoms with van der Waals surface area (Å²) in [5, 5.41) is 8.25. The van der Waals surface area contributed by atoms with Gasteiger partial charge in [0.2, 0.25) is 0 Å². The molecule has 1 aliphatic heterocycles. The van der Waals surface area contributed by atoms with Crippen LogP contribution in [0.1, 0.15) is 12.1 Å². The van der Waals surface area contributed by atoms with Crippen LogP contribution in [0.4, 0.5) is 5.82 Å². The molecule has 92 valence electrons. The molecule has 5 heteroatoms. The Labute approximate surface area is 101 Å². The molecule has 0 aliphatic carbocycles. The van der Waals surface area contributed by atoms with E-state index in [2.05, 4.69) is 21.2 Å². The minimum absolute atomic E-state index is 0.436. The molecule has 0 fully saturated rings. The molecule has 1 aromatic heterocycles. The number of hydrogen-bond acceptors (Lipinski definition) is 5. The minimum atomic E-state index is 0.436. The van der Waals surface area contributed by atoms with Crippen LogP contribution in [0, 0.1) is 0 Å². The van der Waals surface area contributed by atoms with Gasteiger partial charge in [0.05, 0.1) is 12.3 Å². The lowest BCUT2D eigenvalue weighted by molar-refractivity contribution is 0.222. The van der Waals surface area contributed by atoms with Crippen molar-refractivity contribution in [1.29, 1.82) is 0 Å². The number of anilines is 1. The highest BCUT2D eigenvalue weighted by Crippen LogP contribution is 2.17. The second-order valence-electron chi connectivity index (χ2n) is 4.08. The third-order valence-electron chi connectivity index (χ3n) is 2.87. The number of nitrogens with zero attached hydrogens (tertiary/aromatic N) is 3. The van der Waals surface area contributed by atoms with Crippen LogP contribution >= 0.6 is 0 Å². The van der Waals surface area contributed by atoms with E-state index in [0.29, 0.717) is 6.54 Å². The Hall–Kier alpha value is -1.46. The number of ether oxygens (including phenoxy) is 1. The molecule has 0 saturated heterocycles. The zero-order valence-electron chi connectivity index (χ0n) is 10.1. The van der Waals surface area contributed by atoms with Crippen molar-refractivity contribution >= 4 is 5.82 Å². The molecule has 0 aromatic carbocycles. The molecule has 1 aliphatic rings. The van der Waals surface area contributed by atoms with E-state index < -0.39 is 0 Å². The van der Waals surface area contributed by atoms with Crippen molar-refractivity contribution in [2.45, 2.75) is 13.0 Å². The summed E-state index contributed by atoms with van der Waals surface area (Å²) in [5.74, 6) is 0.912. The van der Waals surface area contributed by atoms with Gasteiger partial charge in [-0.15, -0.1) is 5.10 Å². The number of rotatable bonds is 4. The number of methoxy groups -OCH3 is 1. The number of aromatic nitrogens is 2. The lowest BCUT2D eigenvalue weighted by Gasteiger charge is -2.26. The first-order valence-electron chi connectivity index (χ1n) is 5.78. The van der Waals surface area contributed by atoms with E-state index in [-0.39, 0.29) is 0 Å². The molecule has 0 amide bonds. The van der Waals surface area contributed by atoms with Crippen LogP contribution in [0.25, 0.3) is 0 Å². The van der Waals surface area contributed by atoms with Crippen LogP contribution in [-0.2, 0) is 11.3 Å². The predicted octanol–water partition coefficient (Wildman–Crippen LogP) is 0.718. The van der Waals surface area contributed by atoms with Crippen LogP contribution in [0.15, 0.2) is 23.8 Å². The summed E-state index contributed by atoms with van der Waals surface area (Å²) in [7, 11) is 1.73. The van der Waals surface area contributed by atoms with Gasteiger partial charge >= 0.3 is 0 Å². The molecule has 0 radical (unpaired) electrons. The summed E-state index contributed by atoms with van der Waals surface area (Å²) >= 11 is 0. The molecule has 0 atom stereocenters. The Morgan fingerprint density at radius 3 is 2.82 bits per heavy atom. The molecule has 0 spiro atoms. The van der Waals surface area contributed by atoms with E-state index in [1.54, 1.807) is 7.11 Å². The fraction of sp³-hybridized carbons (Fsp3) is 0.500. The fourth-order valence-electron chi connectivity index (χ4n) is 1.87. The summed E-state index contributed by atoms with van der Waals surface area (Å²) < 4.78 is 5.12. The quantitative estimate of drug-likeness (QED) is 0.778. The van der Waals surface area contributed by atoms with E-state index in [1.165, 1.54) is 5.57 Å². The SMILES string of the molecule is COCC1=CCN(c2ccc(CN)nn2)CC1. The Morgan fingerprint density at radius 2 is 2.29 bits per heavy atom. The van der Waals surface area contributed by atoms with Crippen molar-refractivity contribution in [3.8, 4) is 0 Å². The Balaban J connectivity index is 2.00. The Bertz CT molecular complexity index is 388. The number of nitrogens with two attached hydrogens (primary N) is 1. The van der Waals surface area contributed by atoms with Crippen molar-refractivity contribution in [2.24, 2.45) is 5.73 Å². The van der Waals surface area contributed by atoms with Gasteiger partial charge in [-0.3, -0.25) is 0 Å². The standard InChI is InChI=1S/C12H18N4O/c1-17-9-10-4-6-16(7-5-10)12-3-2-11(8-13)14-15-12/h2-4H,5-9,13H2,1H3. The summed E-state index contributed by atoms with van der Waals surface area (Å²) in [6.45, 7) is 3.00. The van der Waals surface area contributed by atoms with Crippen molar-refractivity contribution < 1.29 is 4.74 Å². The van der Waals surface area contributed by atoms with Crippen molar-refractivity contribution in [1.82, 2.24) is 10.2 Å². The van der Waals surface area contributed by atoms with E-state index in [9.17, 15) is 0 Å². The smallest absolute Gasteiger partial charge is 0.151 e. The summed E-state index contributed by atoms with van der Waals surface area (Å²) in [4.78, 5) is 2.20. The molecule has 2 N–H and O–H groups in total. The number of hydrogen-bond donors (Lipinski definition) is 1. The molecule has 2 rings (SSSR count). The van der Waals surface area contributed by atoms with Crippen LogP contribution in [-0.4, -0.2) is 37.0 Å². The first-order valence-corrected chi connectivity index (χ1v) is 5.78. The van der Waals surface area contributed by atoms with E-state index in [0.717, 1.165) is 37.6 Å². The van der Waals surface area contributed by atoms with Gasteiger partial charge in [-0.25, -0.2) is 0 Å². The molecule has 2 heterocycles. The van der Waals surface area contributed by atoms with Gasteiger partial charge in [0.1, 0.15) is 0 Å². The molecule has 17 heavy (non-hydrogen) atoms. The topological polar surface area (TPSA) is 64.3 Å². The highest BCUT2D eigenvalue weighted by Gasteiger charge is 2.13. The van der Waals surface area contributed by atoms with Gasteiger partial charge in [-0.05, 0) is 24.1 Å². The van der Waals surface area contributed by atoms with Gasteiger partial charge in [0.25, 0.3) is 0 Å². The average Bonchev–Trinajstić information content (AvgIpc) is 2.40. The molecule has 0 saturated carbocycles. The maximum absolute atomic E-state index is 5.49. The fourth-order valence-corrected chi connectivity index (χ4v) is 1.87. The normalized spacial score (nSPS) is 15.9. The second-order valence-corrected chi connectivity index (χ2v) is 4.08. The van der Waals surface area contributed by atoms with Crippen LogP contribution in [0.5, 0.6) is 0 Å². The van der Waals surface area contributed by atoms with Crippen molar-refractivity contribution in [3.05, 3.63) is 29.5 Å². The monoisotopic (exact) mass is 234 g/mol. The highest BCUT2D eigenvalue weighted by atomic mass is 16.5. The third kappa shape index (κ3) is 3.01. The van der Waals surface area contributed by atoms with Crippen molar-refractivity contribution in [3.63, 3.8) is 0 Å². The minimum Gasteiger partial charge on any atom is -0.380 e. The van der Waals surface area contributed by atoms with Crippen LogP contribution < -0.4 is 10.6 Å². The van der Waals surface area contributed by atoms with Crippen molar-refractivity contribution in [2.75, 3.05) is 31.7 Å². The molecule has 0 bridgehead atoms. The largest absolute Gasteiger partial charge is 0.380 e. The van der Waals surface area contributed by atoms with E-state index in [4.69, 9.17) is 10.5 Å². The summed E-state index contributed by atoms with van der Waals surface area (Å²) in [6, 6.07) is 3.90. The molecule has 5 nitrogen and oxygen atoms in total. The molecular formula is C12H18N4O. The predicted molar refractivity (Wildman–Crippen MR) is 66.7 cm³/mol. The summed E-state index contributed by atoms with van der Waals surface area (Å²) in [6.07, 6.45) is 3.22. The molecule has 1 aromatic rings. The van der Waals surface area contributed by atoms with Gasteiger partial charge in [-0.1, -0.05) is 6.08 Å². The first kappa shape index (κ1) is 12.0. The van der Waals surface area contributed by atoms with Gasteiger partial charge in [0.15, 0.2) is 5.82 Å². The third-order valence-corrected chi connectivity index (χ3v) is 2.87. The average molecular weight is 234 g/mol. The van der Waals surface area contributed by atoms with E-state index in [1.807, 2.05) is 12.1 Å². The molecular weight excluding hydrogens is 216 g/mol.